The van der Waals surface area contributed by atoms with Gasteiger partial charge in [-0.25, -0.2) is 4.98 Å². The van der Waals surface area contributed by atoms with Gasteiger partial charge in [0.2, 0.25) is 5.91 Å². The third-order valence-electron chi connectivity index (χ3n) is 5.65. The van der Waals surface area contributed by atoms with Crippen LogP contribution in [0.3, 0.4) is 0 Å². The van der Waals surface area contributed by atoms with Crippen LogP contribution in [0.1, 0.15) is 19.3 Å². The van der Waals surface area contributed by atoms with E-state index in [1.54, 1.807) is 0 Å². The fourth-order valence-corrected chi connectivity index (χ4v) is 4.34. The fourth-order valence-electron chi connectivity index (χ4n) is 4.34. The van der Waals surface area contributed by atoms with Gasteiger partial charge in [0, 0.05) is 51.0 Å². The van der Waals surface area contributed by atoms with Gasteiger partial charge in [0.15, 0.2) is 0 Å². The minimum atomic E-state index is 0. The molecular weight excluding hydrogens is 373 g/mol. The molecule has 6 nitrogen and oxygen atoms in total. The van der Waals surface area contributed by atoms with Crippen LogP contribution in [-0.4, -0.2) is 78.6 Å². The van der Waals surface area contributed by atoms with Gasteiger partial charge >= 0.3 is 0 Å². The number of anilines is 1. The lowest BCUT2D eigenvalue weighted by Crippen LogP contribution is -2.52. The number of carbonyl (C=O) groups is 1. The molecule has 26 heavy (non-hydrogen) atoms. The molecule has 3 fully saturated rings. The third kappa shape index (κ3) is 4.60. The van der Waals surface area contributed by atoms with E-state index >= 15 is 0 Å². The molecule has 0 saturated carbocycles. The summed E-state index contributed by atoms with van der Waals surface area (Å²) >= 11 is 0. The van der Waals surface area contributed by atoms with Gasteiger partial charge in [-0.3, -0.25) is 9.69 Å². The van der Waals surface area contributed by atoms with Crippen molar-refractivity contribution < 1.29 is 4.79 Å². The standard InChI is InChI=1S/C18H27N5O.2ClH/c24-18(23-15-4-5-16(23)13-19-8-6-15)14-21-9-11-22(12-10-21)17-3-1-2-7-20-17;;/h1-3,7,15-16,19H,4-6,8-14H2;2*1H. The molecule has 4 rings (SSSR count). The van der Waals surface area contributed by atoms with E-state index in [0.717, 1.165) is 57.9 Å². The molecule has 0 radical (unpaired) electrons. The molecular formula is C18H29Cl2N5O. The number of fused-ring (bicyclic) bond motifs is 2. The highest BCUT2D eigenvalue weighted by Crippen LogP contribution is 2.28. The molecule has 2 atom stereocenters. The summed E-state index contributed by atoms with van der Waals surface area (Å²) in [5, 5.41) is 3.47. The van der Waals surface area contributed by atoms with E-state index in [4.69, 9.17) is 0 Å². The van der Waals surface area contributed by atoms with E-state index in [1.807, 2.05) is 18.3 Å². The summed E-state index contributed by atoms with van der Waals surface area (Å²) in [7, 11) is 0. The normalized spacial score (nSPS) is 25.8. The van der Waals surface area contributed by atoms with E-state index in [0.29, 0.717) is 24.5 Å². The van der Waals surface area contributed by atoms with Crippen molar-refractivity contribution in [2.24, 2.45) is 0 Å². The third-order valence-corrected chi connectivity index (χ3v) is 5.65. The number of nitrogens with zero attached hydrogens (tertiary/aromatic N) is 4. The first-order valence-electron chi connectivity index (χ1n) is 9.21. The van der Waals surface area contributed by atoms with Gasteiger partial charge in [0.25, 0.3) is 0 Å². The number of hydrogen-bond donors (Lipinski definition) is 1. The van der Waals surface area contributed by atoms with Crippen LogP contribution in [0, 0.1) is 0 Å². The van der Waals surface area contributed by atoms with Crippen molar-refractivity contribution in [2.75, 3.05) is 50.7 Å². The van der Waals surface area contributed by atoms with Crippen molar-refractivity contribution in [2.45, 2.75) is 31.3 Å². The highest BCUT2D eigenvalue weighted by Gasteiger charge is 2.38. The predicted molar refractivity (Wildman–Crippen MR) is 109 cm³/mol. The Hall–Kier alpha value is -1.08. The van der Waals surface area contributed by atoms with Crippen LogP contribution in [0.15, 0.2) is 24.4 Å². The number of amides is 1. The Morgan fingerprint density at radius 1 is 1.08 bits per heavy atom. The van der Waals surface area contributed by atoms with Gasteiger partial charge in [0.1, 0.15) is 5.82 Å². The fraction of sp³-hybridized carbons (Fsp3) is 0.667. The van der Waals surface area contributed by atoms with Crippen LogP contribution in [0.2, 0.25) is 0 Å². The van der Waals surface area contributed by atoms with Crippen LogP contribution < -0.4 is 10.2 Å². The van der Waals surface area contributed by atoms with Gasteiger partial charge in [-0.15, -0.1) is 24.8 Å². The summed E-state index contributed by atoms with van der Waals surface area (Å²) in [6.45, 7) is 6.34. The van der Waals surface area contributed by atoms with Gasteiger partial charge in [0.05, 0.1) is 6.54 Å². The van der Waals surface area contributed by atoms with E-state index in [-0.39, 0.29) is 24.8 Å². The molecule has 4 heterocycles. The van der Waals surface area contributed by atoms with Crippen LogP contribution in [0.5, 0.6) is 0 Å². The Bertz CT molecular complexity index is 554. The first-order valence-corrected chi connectivity index (χ1v) is 9.21. The molecule has 3 aliphatic heterocycles. The molecule has 0 aromatic carbocycles. The van der Waals surface area contributed by atoms with Crippen molar-refractivity contribution in [1.82, 2.24) is 20.1 Å². The lowest BCUT2D eigenvalue weighted by Gasteiger charge is -2.37. The van der Waals surface area contributed by atoms with Crippen LogP contribution in [0.25, 0.3) is 0 Å². The summed E-state index contributed by atoms with van der Waals surface area (Å²) in [6, 6.07) is 6.92. The Balaban J connectivity index is 0.00000121. The number of pyridine rings is 1. The topological polar surface area (TPSA) is 51.7 Å². The average molecular weight is 402 g/mol. The monoisotopic (exact) mass is 401 g/mol. The second-order valence-corrected chi connectivity index (χ2v) is 7.13. The number of nitrogens with one attached hydrogen (secondary N) is 1. The van der Waals surface area contributed by atoms with E-state index < -0.39 is 0 Å². The second-order valence-electron chi connectivity index (χ2n) is 7.13. The molecule has 1 aromatic rings. The zero-order chi connectivity index (χ0) is 16.4. The molecule has 2 bridgehead atoms. The lowest BCUT2D eigenvalue weighted by molar-refractivity contribution is -0.135. The second kappa shape index (κ2) is 9.74. The van der Waals surface area contributed by atoms with E-state index in [9.17, 15) is 4.79 Å². The van der Waals surface area contributed by atoms with Gasteiger partial charge in [-0.05, 0) is 37.9 Å². The number of carbonyl (C=O) groups excluding carboxylic acids is 1. The van der Waals surface area contributed by atoms with Crippen LogP contribution >= 0.6 is 24.8 Å². The SMILES string of the molecule is Cl.Cl.O=C(CN1CCN(c2ccccn2)CC1)N1C2CCNCC1CC2. The van der Waals surface area contributed by atoms with Crippen LogP contribution in [-0.2, 0) is 4.79 Å². The largest absolute Gasteiger partial charge is 0.354 e. The zero-order valence-corrected chi connectivity index (χ0v) is 16.7. The van der Waals surface area contributed by atoms with Crippen molar-refractivity contribution in [1.29, 1.82) is 0 Å². The molecule has 3 aliphatic rings. The van der Waals surface area contributed by atoms with Gasteiger partial charge in [-0.1, -0.05) is 6.07 Å². The lowest BCUT2D eigenvalue weighted by atomic mass is 10.1. The summed E-state index contributed by atoms with van der Waals surface area (Å²) < 4.78 is 0. The summed E-state index contributed by atoms with van der Waals surface area (Å²) in [6.07, 6.45) is 5.30. The summed E-state index contributed by atoms with van der Waals surface area (Å²) in [4.78, 5) is 24.1. The Morgan fingerprint density at radius 3 is 2.58 bits per heavy atom. The zero-order valence-electron chi connectivity index (χ0n) is 15.0. The van der Waals surface area contributed by atoms with E-state index in [2.05, 4.69) is 31.1 Å². The molecule has 1 aromatic heterocycles. The molecule has 1 N–H and O–H groups in total. The first-order chi connectivity index (χ1) is 11.8. The molecule has 3 saturated heterocycles. The first kappa shape index (κ1) is 21.2. The maximum atomic E-state index is 12.9. The van der Waals surface area contributed by atoms with Gasteiger partial charge in [-0.2, -0.15) is 0 Å². The highest BCUT2D eigenvalue weighted by atomic mass is 35.5. The predicted octanol–water partition coefficient (Wildman–Crippen LogP) is 1.40. The van der Waals surface area contributed by atoms with Crippen molar-refractivity contribution >= 4 is 36.5 Å². The van der Waals surface area contributed by atoms with Crippen molar-refractivity contribution in [3.05, 3.63) is 24.4 Å². The highest BCUT2D eigenvalue weighted by molar-refractivity contribution is 5.85. The Kier molecular flexibility index (Phi) is 7.95. The minimum Gasteiger partial charge on any atom is -0.354 e. The quantitative estimate of drug-likeness (QED) is 0.829. The number of hydrogen-bond acceptors (Lipinski definition) is 5. The number of aromatic nitrogens is 1. The number of piperazine rings is 1. The molecule has 146 valence electrons. The molecule has 0 aliphatic carbocycles. The summed E-state index contributed by atoms with van der Waals surface area (Å²) in [5.74, 6) is 1.37. The minimum absolute atomic E-state index is 0. The number of rotatable bonds is 3. The maximum absolute atomic E-state index is 12.9. The van der Waals surface area contributed by atoms with Crippen LogP contribution in [0.4, 0.5) is 5.82 Å². The Morgan fingerprint density at radius 2 is 1.85 bits per heavy atom. The maximum Gasteiger partial charge on any atom is 0.237 e. The number of halogens is 2. The average Bonchev–Trinajstić information content (AvgIpc) is 2.89. The van der Waals surface area contributed by atoms with Crippen molar-refractivity contribution in [3.8, 4) is 0 Å². The molecule has 0 spiro atoms. The smallest absolute Gasteiger partial charge is 0.237 e. The molecule has 2 unspecified atom stereocenters. The molecule has 8 heteroatoms. The molecule has 1 amide bonds. The Labute approximate surface area is 168 Å². The van der Waals surface area contributed by atoms with Gasteiger partial charge < -0.3 is 15.1 Å². The van der Waals surface area contributed by atoms with E-state index in [1.165, 1.54) is 6.42 Å². The van der Waals surface area contributed by atoms with Crippen molar-refractivity contribution in [3.63, 3.8) is 0 Å². The summed E-state index contributed by atoms with van der Waals surface area (Å²) in [5.41, 5.74) is 0.